The van der Waals surface area contributed by atoms with Crippen molar-refractivity contribution in [3.05, 3.63) is 59.2 Å². The number of aryl methyl sites for hydroxylation is 1. The van der Waals surface area contributed by atoms with Gasteiger partial charge in [0.2, 0.25) is 0 Å². The Labute approximate surface area is 111 Å². The van der Waals surface area contributed by atoms with Gasteiger partial charge in [-0.2, -0.15) is 5.26 Å². The second-order valence-electron chi connectivity index (χ2n) is 4.24. The molecule has 1 amide bonds. The highest BCUT2D eigenvalue weighted by molar-refractivity contribution is 6.07. The highest BCUT2D eigenvalue weighted by atomic mass is 16.1. The molecule has 0 atom stereocenters. The fourth-order valence-corrected chi connectivity index (χ4v) is 1.73. The van der Waals surface area contributed by atoms with Gasteiger partial charge in [0.25, 0.3) is 5.91 Å². The molecule has 19 heavy (non-hydrogen) atoms. The molecule has 0 saturated heterocycles. The molecule has 4 heteroatoms. The van der Waals surface area contributed by atoms with Crippen LogP contribution >= 0.6 is 0 Å². The number of nitriles is 1. The van der Waals surface area contributed by atoms with E-state index < -0.39 is 0 Å². The summed E-state index contributed by atoms with van der Waals surface area (Å²) in [5, 5.41) is 11.5. The van der Waals surface area contributed by atoms with E-state index in [9.17, 15) is 4.79 Å². The van der Waals surface area contributed by atoms with Crippen molar-refractivity contribution >= 4 is 17.3 Å². The molecule has 0 fully saturated rings. The summed E-state index contributed by atoms with van der Waals surface area (Å²) in [6, 6.07) is 14.0. The molecule has 0 bridgehead atoms. The number of nitrogens with two attached hydrogens (primary N) is 1. The van der Waals surface area contributed by atoms with Gasteiger partial charge in [-0.05, 0) is 37.3 Å². The quantitative estimate of drug-likeness (QED) is 0.805. The summed E-state index contributed by atoms with van der Waals surface area (Å²) in [6.07, 6.45) is 0. The Morgan fingerprint density at radius 2 is 2.05 bits per heavy atom. The van der Waals surface area contributed by atoms with Gasteiger partial charge in [-0.15, -0.1) is 0 Å². The lowest BCUT2D eigenvalue weighted by atomic mass is 10.1. The monoisotopic (exact) mass is 251 g/mol. The molecule has 94 valence electrons. The number of benzene rings is 2. The third-order valence-corrected chi connectivity index (χ3v) is 2.70. The van der Waals surface area contributed by atoms with Crippen molar-refractivity contribution in [2.75, 3.05) is 11.1 Å². The molecule has 2 aromatic rings. The first-order valence-corrected chi connectivity index (χ1v) is 5.78. The third-order valence-electron chi connectivity index (χ3n) is 2.70. The summed E-state index contributed by atoms with van der Waals surface area (Å²) in [4.78, 5) is 12.1. The Kier molecular flexibility index (Phi) is 3.48. The fourth-order valence-electron chi connectivity index (χ4n) is 1.73. The zero-order chi connectivity index (χ0) is 13.8. The van der Waals surface area contributed by atoms with E-state index in [1.807, 2.05) is 19.1 Å². The predicted octanol–water partition coefficient (Wildman–Crippen LogP) is 2.70. The molecule has 4 nitrogen and oxygen atoms in total. The minimum atomic E-state index is -0.281. The van der Waals surface area contributed by atoms with Crippen LogP contribution in [0.25, 0.3) is 0 Å². The lowest BCUT2D eigenvalue weighted by molar-refractivity contribution is 0.102. The van der Waals surface area contributed by atoms with Gasteiger partial charge in [-0.25, -0.2) is 0 Å². The van der Waals surface area contributed by atoms with E-state index in [0.717, 1.165) is 5.56 Å². The van der Waals surface area contributed by atoms with Gasteiger partial charge >= 0.3 is 0 Å². The molecule has 2 rings (SSSR count). The summed E-state index contributed by atoms with van der Waals surface area (Å²) in [5.41, 5.74) is 8.68. The smallest absolute Gasteiger partial charge is 0.257 e. The molecular formula is C15H13N3O. The van der Waals surface area contributed by atoms with Crippen LogP contribution in [-0.2, 0) is 0 Å². The van der Waals surface area contributed by atoms with E-state index in [2.05, 4.69) is 5.32 Å². The molecule has 0 aromatic heterocycles. The number of carbonyl (C=O) groups excluding carboxylic acids is 1. The Balaban J connectivity index is 2.26. The molecular weight excluding hydrogens is 238 g/mol. The van der Waals surface area contributed by atoms with Gasteiger partial charge in [0, 0.05) is 11.4 Å². The van der Waals surface area contributed by atoms with Crippen LogP contribution in [0.2, 0.25) is 0 Å². The second-order valence-corrected chi connectivity index (χ2v) is 4.24. The molecule has 0 spiro atoms. The zero-order valence-corrected chi connectivity index (χ0v) is 10.5. The molecule has 0 unspecified atom stereocenters. The molecule has 0 aliphatic rings. The first-order chi connectivity index (χ1) is 9.10. The number of nitrogens with zero attached hydrogens (tertiary/aromatic N) is 1. The van der Waals surface area contributed by atoms with E-state index >= 15 is 0 Å². The van der Waals surface area contributed by atoms with Crippen LogP contribution in [0.5, 0.6) is 0 Å². The van der Waals surface area contributed by atoms with Crippen molar-refractivity contribution in [3.8, 4) is 6.07 Å². The molecule has 3 N–H and O–H groups in total. The van der Waals surface area contributed by atoms with Gasteiger partial charge in [-0.1, -0.05) is 17.7 Å². The summed E-state index contributed by atoms with van der Waals surface area (Å²) >= 11 is 0. The van der Waals surface area contributed by atoms with Crippen molar-refractivity contribution < 1.29 is 4.79 Å². The number of amides is 1. The van der Waals surface area contributed by atoms with Crippen LogP contribution in [-0.4, -0.2) is 5.91 Å². The van der Waals surface area contributed by atoms with Crippen LogP contribution in [0.3, 0.4) is 0 Å². The number of hydrogen-bond acceptors (Lipinski definition) is 3. The van der Waals surface area contributed by atoms with Gasteiger partial charge in [0.05, 0.1) is 17.2 Å². The summed E-state index contributed by atoms with van der Waals surface area (Å²) < 4.78 is 0. The number of nitrogen functional groups attached to an aromatic ring is 1. The normalized spacial score (nSPS) is 9.68. The molecule has 2 aromatic carbocycles. The van der Waals surface area contributed by atoms with Gasteiger partial charge < -0.3 is 11.1 Å². The predicted molar refractivity (Wildman–Crippen MR) is 74.7 cm³/mol. The Hall–Kier alpha value is -2.80. The van der Waals surface area contributed by atoms with E-state index in [4.69, 9.17) is 11.0 Å². The minimum absolute atomic E-state index is 0.281. The van der Waals surface area contributed by atoms with Gasteiger partial charge in [0.1, 0.15) is 0 Å². The number of rotatable bonds is 2. The standard InChI is InChI=1S/C15H13N3O/c1-10-5-6-14(17)13(7-10)15(19)18-12-4-2-3-11(8-12)9-16/h2-8H,17H2,1H3,(H,18,19). The average Bonchev–Trinajstić information content (AvgIpc) is 2.41. The number of anilines is 2. The Bertz CT molecular complexity index is 671. The van der Waals surface area contributed by atoms with Gasteiger partial charge in [0.15, 0.2) is 0 Å². The summed E-state index contributed by atoms with van der Waals surface area (Å²) in [6.45, 7) is 1.90. The van der Waals surface area contributed by atoms with Crippen LogP contribution in [0.15, 0.2) is 42.5 Å². The van der Waals surface area contributed by atoms with Crippen LogP contribution in [0.4, 0.5) is 11.4 Å². The van der Waals surface area contributed by atoms with E-state index in [1.54, 1.807) is 36.4 Å². The first-order valence-electron chi connectivity index (χ1n) is 5.78. The van der Waals surface area contributed by atoms with Crippen LogP contribution < -0.4 is 11.1 Å². The minimum Gasteiger partial charge on any atom is -0.398 e. The van der Waals surface area contributed by atoms with Crippen molar-refractivity contribution in [1.29, 1.82) is 5.26 Å². The molecule has 0 aliphatic heterocycles. The average molecular weight is 251 g/mol. The van der Waals surface area contributed by atoms with E-state index in [0.29, 0.717) is 22.5 Å². The lowest BCUT2D eigenvalue weighted by Crippen LogP contribution is -2.14. The van der Waals surface area contributed by atoms with E-state index in [1.165, 1.54) is 0 Å². The van der Waals surface area contributed by atoms with Gasteiger partial charge in [-0.3, -0.25) is 4.79 Å². The zero-order valence-electron chi connectivity index (χ0n) is 10.5. The van der Waals surface area contributed by atoms with Crippen molar-refractivity contribution in [2.45, 2.75) is 6.92 Å². The summed E-state index contributed by atoms with van der Waals surface area (Å²) in [7, 11) is 0. The van der Waals surface area contributed by atoms with Crippen molar-refractivity contribution in [1.82, 2.24) is 0 Å². The summed E-state index contributed by atoms with van der Waals surface area (Å²) in [5.74, 6) is -0.281. The van der Waals surface area contributed by atoms with Crippen LogP contribution in [0.1, 0.15) is 21.5 Å². The lowest BCUT2D eigenvalue weighted by Gasteiger charge is -2.08. The largest absolute Gasteiger partial charge is 0.398 e. The maximum absolute atomic E-state index is 12.1. The number of carbonyl (C=O) groups is 1. The fraction of sp³-hybridized carbons (Fsp3) is 0.0667. The Morgan fingerprint density at radius 1 is 1.26 bits per heavy atom. The SMILES string of the molecule is Cc1ccc(N)c(C(=O)Nc2cccc(C#N)c2)c1. The molecule has 0 saturated carbocycles. The Morgan fingerprint density at radius 3 is 2.79 bits per heavy atom. The topological polar surface area (TPSA) is 78.9 Å². The van der Waals surface area contributed by atoms with E-state index in [-0.39, 0.29) is 5.91 Å². The van der Waals surface area contributed by atoms with Crippen molar-refractivity contribution in [2.24, 2.45) is 0 Å². The number of hydrogen-bond donors (Lipinski definition) is 2. The maximum atomic E-state index is 12.1. The van der Waals surface area contributed by atoms with Crippen molar-refractivity contribution in [3.63, 3.8) is 0 Å². The highest BCUT2D eigenvalue weighted by Gasteiger charge is 2.10. The molecule has 0 radical (unpaired) electrons. The molecule has 0 heterocycles. The van der Waals surface area contributed by atoms with Crippen LogP contribution in [0, 0.1) is 18.3 Å². The highest BCUT2D eigenvalue weighted by Crippen LogP contribution is 2.17. The third kappa shape index (κ3) is 2.90. The second kappa shape index (κ2) is 5.23. The number of nitrogens with one attached hydrogen (secondary N) is 1. The first kappa shape index (κ1) is 12.7. The molecule has 0 aliphatic carbocycles. The maximum Gasteiger partial charge on any atom is 0.257 e.